The molecule has 31 heavy (non-hydrogen) atoms. The molecule has 5 rings (SSSR count). The molecule has 4 heterocycles. The van der Waals surface area contributed by atoms with E-state index < -0.39 is 5.60 Å². The molecule has 0 spiro atoms. The van der Waals surface area contributed by atoms with E-state index in [0.29, 0.717) is 49.8 Å². The lowest BCUT2D eigenvalue weighted by molar-refractivity contribution is -0.0448. The van der Waals surface area contributed by atoms with Gasteiger partial charge in [-0.15, -0.1) is 0 Å². The van der Waals surface area contributed by atoms with Crippen molar-refractivity contribution in [3.63, 3.8) is 0 Å². The summed E-state index contributed by atoms with van der Waals surface area (Å²) in [6, 6.07) is 6.05. The highest BCUT2D eigenvalue weighted by molar-refractivity contribution is 5.80. The van der Waals surface area contributed by atoms with Gasteiger partial charge in [0.25, 0.3) is 6.01 Å². The summed E-state index contributed by atoms with van der Waals surface area (Å²) < 4.78 is 22.7. The summed E-state index contributed by atoms with van der Waals surface area (Å²) in [7, 11) is 1.70. The van der Waals surface area contributed by atoms with Gasteiger partial charge in [-0.05, 0) is 32.0 Å². The van der Waals surface area contributed by atoms with Gasteiger partial charge < -0.3 is 29.3 Å². The van der Waals surface area contributed by atoms with Crippen molar-refractivity contribution in [2.45, 2.75) is 38.5 Å². The van der Waals surface area contributed by atoms with Crippen LogP contribution in [0.3, 0.4) is 0 Å². The first kappa shape index (κ1) is 20.2. The number of hydrogen-bond donors (Lipinski definition) is 1. The van der Waals surface area contributed by atoms with Gasteiger partial charge in [-0.3, -0.25) is 0 Å². The fraction of sp³-hybridized carbons (Fsp3) is 0.500. The lowest BCUT2D eigenvalue weighted by Crippen LogP contribution is -2.44. The van der Waals surface area contributed by atoms with Crippen molar-refractivity contribution < 1.29 is 18.6 Å². The van der Waals surface area contributed by atoms with E-state index in [9.17, 15) is 0 Å². The van der Waals surface area contributed by atoms with Gasteiger partial charge in [0.2, 0.25) is 0 Å². The summed E-state index contributed by atoms with van der Waals surface area (Å²) in [5.74, 6) is 1.54. The Morgan fingerprint density at radius 1 is 1.29 bits per heavy atom. The van der Waals surface area contributed by atoms with E-state index in [0.717, 1.165) is 29.2 Å². The molecule has 0 unspecified atom stereocenters. The Kier molecular flexibility index (Phi) is 5.04. The van der Waals surface area contributed by atoms with Gasteiger partial charge in [0.15, 0.2) is 11.4 Å². The number of aromatic nitrogens is 3. The van der Waals surface area contributed by atoms with Gasteiger partial charge in [-0.1, -0.05) is 0 Å². The summed E-state index contributed by atoms with van der Waals surface area (Å²) >= 11 is 0. The average Bonchev–Trinajstić information content (AvgIpc) is 3.31. The van der Waals surface area contributed by atoms with Crippen molar-refractivity contribution in [2.24, 2.45) is 0 Å². The lowest BCUT2D eigenvalue weighted by atomic mass is 9.96. The molecular weight excluding hydrogens is 398 g/mol. The van der Waals surface area contributed by atoms with Crippen molar-refractivity contribution in [3.8, 4) is 11.4 Å². The molecule has 1 fully saturated rings. The minimum absolute atomic E-state index is 0.144. The first-order valence-corrected chi connectivity index (χ1v) is 10.5. The van der Waals surface area contributed by atoms with Crippen LogP contribution in [0.5, 0.6) is 0 Å². The zero-order valence-corrected chi connectivity index (χ0v) is 18.1. The number of nitrogens with two attached hydrogens (primary N) is 1. The maximum absolute atomic E-state index is 6.26. The molecule has 0 bridgehead atoms. The van der Waals surface area contributed by atoms with Crippen LogP contribution >= 0.6 is 0 Å². The molecule has 1 aromatic carbocycles. The smallest absolute Gasteiger partial charge is 0.292 e. The van der Waals surface area contributed by atoms with E-state index in [1.54, 1.807) is 7.11 Å². The Bertz CT molecular complexity index is 1120. The molecule has 2 N–H and O–H groups in total. The van der Waals surface area contributed by atoms with Crippen LogP contribution in [0.25, 0.3) is 22.5 Å². The molecule has 164 valence electrons. The Labute approximate surface area is 180 Å². The molecule has 2 atom stereocenters. The van der Waals surface area contributed by atoms with E-state index in [-0.39, 0.29) is 12.1 Å². The van der Waals surface area contributed by atoms with E-state index in [1.165, 1.54) is 0 Å². The minimum Gasteiger partial charge on any atom is -0.424 e. The standard InChI is InChI=1S/C22H27N5O4/c1-13-11-29-9-7-27(13)20-15-12-30-22(2,6-8-28-3)18(15)25-19(26-20)14-4-5-17-16(10-14)24-21(23)31-17/h4-5,10,13H,6-9,11-12H2,1-3H3,(H2,23,24)/t13-,22+/m0/s1. The quantitative estimate of drug-likeness (QED) is 0.660. The molecule has 9 nitrogen and oxygen atoms in total. The first-order chi connectivity index (χ1) is 15.0. The Hall–Kier alpha value is -2.75. The van der Waals surface area contributed by atoms with Crippen LogP contribution in [-0.2, 0) is 26.4 Å². The van der Waals surface area contributed by atoms with Crippen LogP contribution < -0.4 is 10.6 Å². The largest absolute Gasteiger partial charge is 0.424 e. The molecule has 0 amide bonds. The van der Waals surface area contributed by atoms with Gasteiger partial charge in [0, 0.05) is 37.8 Å². The summed E-state index contributed by atoms with van der Waals surface area (Å²) in [5, 5.41) is 0. The van der Waals surface area contributed by atoms with Crippen LogP contribution in [0.15, 0.2) is 22.6 Å². The number of hydrogen-bond acceptors (Lipinski definition) is 9. The Morgan fingerprint density at radius 3 is 2.97 bits per heavy atom. The zero-order chi connectivity index (χ0) is 21.6. The van der Waals surface area contributed by atoms with Gasteiger partial charge >= 0.3 is 0 Å². The molecule has 0 saturated carbocycles. The summed E-state index contributed by atoms with van der Waals surface area (Å²) in [6.07, 6.45) is 0.712. The third kappa shape index (κ3) is 3.52. The van der Waals surface area contributed by atoms with Crippen molar-refractivity contribution >= 4 is 22.9 Å². The SMILES string of the molecule is COCC[C@@]1(C)OCc2c(N3CCOC[C@@H]3C)nc(-c3ccc4oc(N)nc4c3)nc21. The number of fused-ring (bicyclic) bond motifs is 2. The predicted molar refractivity (Wildman–Crippen MR) is 116 cm³/mol. The maximum atomic E-state index is 6.26. The summed E-state index contributed by atoms with van der Waals surface area (Å²) in [4.78, 5) is 16.5. The number of oxazole rings is 1. The molecular formula is C22H27N5O4. The second kappa shape index (κ2) is 7.74. The normalized spacial score (nSPS) is 23.5. The van der Waals surface area contributed by atoms with Gasteiger partial charge in [-0.25, -0.2) is 9.97 Å². The van der Waals surface area contributed by atoms with Gasteiger partial charge in [0.05, 0.1) is 31.6 Å². The number of rotatable bonds is 5. The van der Waals surface area contributed by atoms with Crippen molar-refractivity contribution in [1.29, 1.82) is 0 Å². The minimum atomic E-state index is -0.532. The third-order valence-corrected chi connectivity index (χ3v) is 6.11. The Balaban J connectivity index is 1.65. The molecule has 9 heteroatoms. The van der Waals surface area contributed by atoms with E-state index >= 15 is 0 Å². The van der Waals surface area contributed by atoms with Crippen molar-refractivity contribution in [2.75, 3.05) is 44.1 Å². The highest BCUT2D eigenvalue weighted by Gasteiger charge is 2.41. The highest BCUT2D eigenvalue weighted by atomic mass is 16.5. The van der Waals surface area contributed by atoms with Gasteiger partial charge in [0.1, 0.15) is 16.9 Å². The van der Waals surface area contributed by atoms with E-state index in [2.05, 4.69) is 23.7 Å². The number of ether oxygens (including phenoxy) is 3. The van der Waals surface area contributed by atoms with Crippen LogP contribution in [-0.4, -0.2) is 54.5 Å². The molecule has 2 aliphatic heterocycles. The highest BCUT2D eigenvalue weighted by Crippen LogP contribution is 2.43. The number of nitrogens with zero attached hydrogens (tertiary/aromatic N) is 4. The van der Waals surface area contributed by atoms with Crippen LogP contribution in [0, 0.1) is 0 Å². The molecule has 0 radical (unpaired) electrons. The average molecular weight is 425 g/mol. The van der Waals surface area contributed by atoms with Gasteiger partial charge in [-0.2, -0.15) is 4.98 Å². The van der Waals surface area contributed by atoms with Crippen molar-refractivity contribution in [3.05, 3.63) is 29.5 Å². The first-order valence-electron chi connectivity index (χ1n) is 10.5. The monoisotopic (exact) mass is 425 g/mol. The van der Waals surface area contributed by atoms with Crippen LogP contribution in [0.1, 0.15) is 31.5 Å². The molecule has 2 aromatic heterocycles. The van der Waals surface area contributed by atoms with E-state index in [4.69, 9.17) is 34.3 Å². The third-order valence-electron chi connectivity index (χ3n) is 6.11. The number of nitrogen functional groups attached to an aromatic ring is 1. The number of benzene rings is 1. The lowest BCUT2D eigenvalue weighted by Gasteiger charge is -2.35. The predicted octanol–water partition coefficient (Wildman–Crippen LogP) is 2.87. The molecule has 1 saturated heterocycles. The maximum Gasteiger partial charge on any atom is 0.292 e. The number of morpholine rings is 1. The summed E-state index contributed by atoms with van der Waals surface area (Å²) in [6.45, 7) is 7.40. The fourth-order valence-corrected chi connectivity index (χ4v) is 4.32. The molecule has 3 aromatic rings. The van der Waals surface area contributed by atoms with Crippen LogP contribution in [0.2, 0.25) is 0 Å². The molecule has 0 aliphatic carbocycles. The van der Waals surface area contributed by atoms with Crippen molar-refractivity contribution in [1.82, 2.24) is 15.0 Å². The topological polar surface area (TPSA) is 109 Å². The van der Waals surface area contributed by atoms with Crippen LogP contribution in [0.4, 0.5) is 11.8 Å². The Morgan fingerprint density at radius 2 is 2.16 bits per heavy atom. The summed E-state index contributed by atoms with van der Waals surface area (Å²) in [5.41, 5.74) is 9.32. The van der Waals surface area contributed by atoms with E-state index in [1.807, 2.05) is 18.2 Å². The fourth-order valence-electron chi connectivity index (χ4n) is 4.32. The molecule has 2 aliphatic rings. The number of methoxy groups -OCH3 is 1. The second-order valence-electron chi connectivity index (χ2n) is 8.31. The zero-order valence-electron chi connectivity index (χ0n) is 18.1. The second-order valence-corrected chi connectivity index (χ2v) is 8.31. The number of anilines is 2.